The highest BCUT2D eigenvalue weighted by atomic mass is 79.9. The predicted molar refractivity (Wildman–Crippen MR) is 138 cm³/mol. The van der Waals surface area contributed by atoms with E-state index in [4.69, 9.17) is 27.9 Å². The lowest BCUT2D eigenvalue weighted by atomic mass is 10.1. The summed E-state index contributed by atoms with van der Waals surface area (Å²) in [6.45, 7) is 3.49. The molecule has 1 aromatic heterocycles. The van der Waals surface area contributed by atoms with Gasteiger partial charge in [-0.3, -0.25) is 14.9 Å². The Morgan fingerprint density at radius 1 is 1.11 bits per heavy atom. The van der Waals surface area contributed by atoms with Crippen molar-refractivity contribution < 1.29 is 23.2 Å². The second kappa shape index (κ2) is 12.4. The molecule has 0 aliphatic carbocycles. The van der Waals surface area contributed by atoms with Crippen molar-refractivity contribution in [1.82, 2.24) is 9.55 Å². The van der Waals surface area contributed by atoms with Gasteiger partial charge >= 0.3 is 5.69 Å². The molecular weight excluding hydrogens is 583 g/mol. The molecule has 0 fully saturated rings. The van der Waals surface area contributed by atoms with E-state index in [-0.39, 0.29) is 10.8 Å². The summed E-state index contributed by atoms with van der Waals surface area (Å²) in [4.78, 5) is 25.0. The maximum Gasteiger partial charge on any atom is 0.323 e. The molecule has 12 heteroatoms. The summed E-state index contributed by atoms with van der Waals surface area (Å²) in [7, 11) is 0. The molecule has 0 bridgehead atoms. The summed E-state index contributed by atoms with van der Waals surface area (Å²) >= 11 is 14.7. The van der Waals surface area contributed by atoms with Crippen molar-refractivity contribution in [3.63, 3.8) is 0 Å². The number of nitro benzene ring substituents is 1. The summed E-state index contributed by atoms with van der Waals surface area (Å²) in [5, 5.41) is 10.5. The van der Waals surface area contributed by atoms with Crippen LogP contribution < -0.4 is 0 Å². The molecule has 0 saturated heterocycles. The normalized spacial score (nSPS) is 10.7. The summed E-state index contributed by atoms with van der Waals surface area (Å²) < 4.78 is 33.5. The highest BCUT2D eigenvalue weighted by Crippen LogP contribution is 2.32. The monoisotopic (exact) mass is 599 g/mol. The number of fused-ring (bicyclic) bond motifs is 1. The first-order chi connectivity index (χ1) is 17.2. The van der Waals surface area contributed by atoms with Crippen LogP contribution in [0, 0.1) is 21.7 Å². The highest BCUT2D eigenvalue weighted by molar-refractivity contribution is 9.10. The van der Waals surface area contributed by atoms with Crippen LogP contribution >= 0.6 is 39.1 Å². The number of carbonyl (C=O) groups is 1. The average molecular weight is 601 g/mol. The number of hydrogen-bond acceptors (Lipinski definition) is 5. The largest absolute Gasteiger partial charge is 0.380 e. The van der Waals surface area contributed by atoms with Gasteiger partial charge < -0.3 is 9.30 Å². The second-order valence-electron chi connectivity index (χ2n) is 7.24. The minimum Gasteiger partial charge on any atom is -0.380 e. The highest BCUT2D eigenvalue weighted by Gasteiger charge is 2.19. The molecule has 0 spiro atoms. The Bertz CT molecular complexity index is 1390. The summed E-state index contributed by atoms with van der Waals surface area (Å²) in [5.74, 6) is -0.932. The van der Waals surface area contributed by atoms with Crippen LogP contribution in [0.4, 0.5) is 14.5 Å². The van der Waals surface area contributed by atoms with Crippen molar-refractivity contribution in [2.45, 2.75) is 13.5 Å². The Balaban J connectivity index is 0.000000253. The number of ether oxygens (including phenoxy) is 1. The molecule has 3 aromatic carbocycles. The van der Waals surface area contributed by atoms with Crippen LogP contribution in [-0.2, 0) is 11.3 Å². The van der Waals surface area contributed by atoms with Crippen LogP contribution in [0.2, 0.25) is 10.0 Å². The molecule has 4 rings (SSSR count). The van der Waals surface area contributed by atoms with Crippen molar-refractivity contribution in [2.24, 2.45) is 0 Å². The molecule has 188 valence electrons. The summed E-state index contributed by atoms with van der Waals surface area (Å²) in [6.07, 6.45) is 0.708. The van der Waals surface area contributed by atoms with Crippen molar-refractivity contribution >= 4 is 62.1 Å². The first-order valence-electron chi connectivity index (χ1n) is 10.4. The Morgan fingerprint density at radius 3 is 2.39 bits per heavy atom. The number of aldehydes is 1. The van der Waals surface area contributed by atoms with Crippen LogP contribution in [0.3, 0.4) is 0 Å². The number of benzene rings is 3. The fourth-order valence-electron chi connectivity index (χ4n) is 3.34. The van der Waals surface area contributed by atoms with Gasteiger partial charge in [-0.05, 0) is 54.4 Å². The van der Waals surface area contributed by atoms with Crippen LogP contribution in [0.25, 0.3) is 22.2 Å². The first-order valence-corrected chi connectivity index (χ1v) is 12.0. The van der Waals surface area contributed by atoms with Gasteiger partial charge in [-0.1, -0.05) is 51.3 Å². The topological polar surface area (TPSA) is 87.3 Å². The molecule has 1 heterocycles. The third kappa shape index (κ3) is 6.44. The molecule has 36 heavy (non-hydrogen) atoms. The Labute approximate surface area is 222 Å². The summed E-state index contributed by atoms with van der Waals surface area (Å²) in [6, 6.07) is 12.1. The van der Waals surface area contributed by atoms with E-state index in [1.807, 2.05) is 13.0 Å². The SMILES string of the molecule is CCOCCn1c(C=O)nc2c(Cl)cc(-c3ccc(F)cc3)cc21.O=[N+]([O-])c1c(F)cc(Br)cc1Cl. The summed E-state index contributed by atoms with van der Waals surface area (Å²) in [5.41, 5.74) is 2.30. The van der Waals surface area contributed by atoms with Crippen molar-refractivity contribution in [1.29, 1.82) is 0 Å². The number of imidazole rings is 1. The van der Waals surface area contributed by atoms with Gasteiger partial charge in [0.2, 0.25) is 5.82 Å². The van der Waals surface area contributed by atoms with E-state index in [0.29, 0.717) is 46.9 Å². The van der Waals surface area contributed by atoms with Gasteiger partial charge in [0.25, 0.3) is 0 Å². The molecule has 0 radical (unpaired) electrons. The molecule has 0 saturated carbocycles. The number of rotatable bonds is 7. The lowest BCUT2D eigenvalue weighted by Crippen LogP contribution is -2.09. The van der Waals surface area contributed by atoms with Crippen molar-refractivity contribution in [2.75, 3.05) is 13.2 Å². The number of nitrogens with zero attached hydrogens (tertiary/aromatic N) is 3. The predicted octanol–water partition coefficient (Wildman–Crippen LogP) is 7.49. The van der Waals surface area contributed by atoms with E-state index in [1.165, 1.54) is 18.2 Å². The van der Waals surface area contributed by atoms with Crippen LogP contribution in [0.15, 0.2) is 53.0 Å². The average Bonchev–Trinajstić information content (AvgIpc) is 3.17. The Morgan fingerprint density at radius 2 is 1.81 bits per heavy atom. The molecule has 0 aliphatic rings. The third-order valence-corrected chi connectivity index (χ3v) is 5.98. The molecule has 0 aliphatic heterocycles. The van der Waals surface area contributed by atoms with E-state index in [0.717, 1.165) is 22.7 Å². The lowest BCUT2D eigenvalue weighted by molar-refractivity contribution is -0.387. The number of halogens is 5. The Kier molecular flexibility index (Phi) is 9.49. The number of nitro groups is 1. The number of aromatic nitrogens is 2. The van der Waals surface area contributed by atoms with Crippen LogP contribution in [0.5, 0.6) is 0 Å². The maximum atomic E-state index is 13.1. The molecule has 4 aromatic rings. The zero-order valence-electron chi connectivity index (χ0n) is 18.7. The van der Waals surface area contributed by atoms with Crippen LogP contribution in [-0.4, -0.2) is 34.0 Å². The zero-order valence-corrected chi connectivity index (χ0v) is 21.8. The number of hydrogen-bond donors (Lipinski definition) is 0. The quantitative estimate of drug-likeness (QED) is 0.0949. The van der Waals surface area contributed by atoms with Gasteiger partial charge in [0, 0.05) is 17.6 Å². The number of carbonyl (C=O) groups excluding carboxylic acids is 1. The zero-order chi connectivity index (χ0) is 26.4. The van der Waals surface area contributed by atoms with Gasteiger partial charge in [-0.2, -0.15) is 4.39 Å². The fraction of sp³-hybridized carbons (Fsp3) is 0.167. The lowest BCUT2D eigenvalue weighted by Gasteiger charge is -2.08. The smallest absolute Gasteiger partial charge is 0.323 e. The minimum absolute atomic E-state index is 0.216. The van der Waals surface area contributed by atoms with Gasteiger partial charge in [0.1, 0.15) is 16.4 Å². The molecule has 7 nitrogen and oxygen atoms in total. The van der Waals surface area contributed by atoms with Crippen molar-refractivity contribution in [3.8, 4) is 11.1 Å². The molecule has 0 unspecified atom stereocenters. The van der Waals surface area contributed by atoms with Crippen molar-refractivity contribution in [3.05, 3.63) is 90.6 Å². The van der Waals surface area contributed by atoms with E-state index < -0.39 is 16.4 Å². The fourth-order valence-corrected chi connectivity index (χ4v) is 4.44. The van der Waals surface area contributed by atoms with E-state index in [2.05, 4.69) is 20.9 Å². The maximum absolute atomic E-state index is 13.1. The van der Waals surface area contributed by atoms with Gasteiger partial charge in [-0.15, -0.1) is 0 Å². The van der Waals surface area contributed by atoms with E-state index in [1.54, 1.807) is 22.8 Å². The van der Waals surface area contributed by atoms with Gasteiger partial charge in [0.15, 0.2) is 12.1 Å². The second-order valence-corrected chi connectivity index (χ2v) is 8.97. The molecule has 0 atom stereocenters. The van der Waals surface area contributed by atoms with E-state index in [9.17, 15) is 23.7 Å². The standard InChI is InChI=1S/C18H16ClFN2O2.C6H2BrClFNO2/c1-2-24-8-7-22-16-10-13(12-3-5-14(20)6-4-12)9-15(19)18(16)21-17(22)11-23;7-3-1-4(8)6(10(11)12)5(9)2-3/h3-6,9-11H,2,7-8H2,1H3;1-2H. The molecular formula is C24H18BrCl2F2N3O4. The minimum atomic E-state index is -0.945. The van der Waals surface area contributed by atoms with Gasteiger partial charge in [0.05, 0.1) is 22.1 Å². The van der Waals surface area contributed by atoms with Crippen LogP contribution in [0.1, 0.15) is 17.5 Å². The first kappa shape index (κ1) is 27.7. The molecule has 0 amide bonds. The third-order valence-electron chi connectivity index (χ3n) is 4.95. The van der Waals surface area contributed by atoms with E-state index >= 15 is 0 Å². The molecule has 0 N–H and O–H groups in total. The van der Waals surface area contributed by atoms with Gasteiger partial charge in [-0.25, -0.2) is 9.37 Å². The Hall–Kier alpha value is -2.92.